The highest BCUT2D eigenvalue weighted by molar-refractivity contribution is 5.19. The van der Waals surface area contributed by atoms with Crippen LogP contribution in [0.2, 0.25) is 0 Å². The molecule has 0 saturated carbocycles. The molecule has 2 aliphatic rings. The molecule has 0 aromatic rings. The third-order valence-corrected chi connectivity index (χ3v) is 3.40. The Labute approximate surface area is 91.7 Å². The van der Waals surface area contributed by atoms with Gasteiger partial charge in [-0.15, -0.1) is 0 Å². The van der Waals surface area contributed by atoms with Gasteiger partial charge < -0.3 is 9.84 Å². The maximum Gasteiger partial charge on any atom is 0.0686 e. The van der Waals surface area contributed by atoms with E-state index in [1.165, 1.54) is 5.57 Å². The van der Waals surface area contributed by atoms with E-state index in [9.17, 15) is 5.11 Å². The number of hydrogen-bond donors (Lipinski definition) is 1. The maximum absolute atomic E-state index is 9.72. The summed E-state index contributed by atoms with van der Waals surface area (Å²) in [5.74, 6) is 0. The Hall–Kier alpha value is -0.380. The molecule has 0 radical (unpaired) electrons. The Morgan fingerprint density at radius 2 is 2.40 bits per heavy atom. The van der Waals surface area contributed by atoms with Crippen LogP contribution in [0.1, 0.15) is 26.7 Å². The van der Waals surface area contributed by atoms with E-state index in [0.29, 0.717) is 0 Å². The molecule has 0 spiro atoms. The number of nitrogens with zero attached hydrogens (tertiary/aromatic N) is 1. The van der Waals surface area contributed by atoms with Crippen molar-refractivity contribution in [1.29, 1.82) is 0 Å². The third kappa shape index (κ3) is 2.10. The molecule has 0 aromatic heterocycles. The minimum Gasteiger partial charge on any atom is -0.392 e. The van der Waals surface area contributed by atoms with Crippen LogP contribution in [-0.4, -0.2) is 47.4 Å². The Bertz CT molecular complexity index is 264. The van der Waals surface area contributed by atoms with Crippen molar-refractivity contribution in [2.45, 2.75) is 44.4 Å². The number of aliphatic hydroxyl groups excluding tert-OH is 1. The molecule has 2 aliphatic heterocycles. The summed E-state index contributed by atoms with van der Waals surface area (Å²) in [6.07, 6.45) is 1.89. The number of β-amino-alcohol motifs (C(OH)–C–C–N with tert-alkyl or cyclic N) is 1. The van der Waals surface area contributed by atoms with Crippen molar-refractivity contribution < 1.29 is 9.84 Å². The number of hydrogen-bond acceptors (Lipinski definition) is 3. The SMILES string of the molecule is C=C1CN2C[C@H](O)C[C@@]2(COC(C)C)C1. The zero-order valence-corrected chi connectivity index (χ0v) is 9.70. The number of aliphatic hydroxyl groups is 1. The number of rotatable bonds is 3. The van der Waals surface area contributed by atoms with Crippen LogP contribution in [0.25, 0.3) is 0 Å². The first-order valence-corrected chi connectivity index (χ1v) is 5.73. The van der Waals surface area contributed by atoms with Gasteiger partial charge in [0.1, 0.15) is 0 Å². The van der Waals surface area contributed by atoms with Crippen LogP contribution in [-0.2, 0) is 4.74 Å². The average molecular weight is 211 g/mol. The van der Waals surface area contributed by atoms with Crippen molar-refractivity contribution >= 4 is 0 Å². The van der Waals surface area contributed by atoms with Gasteiger partial charge in [-0.05, 0) is 26.7 Å². The minimum absolute atomic E-state index is 0.0424. The third-order valence-electron chi connectivity index (χ3n) is 3.40. The summed E-state index contributed by atoms with van der Waals surface area (Å²) in [5, 5.41) is 9.72. The summed E-state index contributed by atoms with van der Waals surface area (Å²) in [7, 11) is 0. The molecular formula is C12H21NO2. The van der Waals surface area contributed by atoms with E-state index in [1.54, 1.807) is 0 Å². The zero-order chi connectivity index (χ0) is 11.1. The van der Waals surface area contributed by atoms with Gasteiger partial charge in [0.25, 0.3) is 0 Å². The first-order chi connectivity index (χ1) is 7.02. The van der Waals surface area contributed by atoms with Crippen LogP contribution in [0.5, 0.6) is 0 Å². The standard InChI is InChI=1S/C12H21NO2/c1-9(2)15-8-12-4-10(3)6-13(12)7-11(14)5-12/h9,11,14H,3-8H2,1-2H3/t11-,12-/m1/s1. The molecule has 2 rings (SSSR count). The van der Waals surface area contributed by atoms with Gasteiger partial charge in [-0.2, -0.15) is 0 Å². The Kier molecular flexibility index (Phi) is 2.88. The fraction of sp³-hybridized carbons (Fsp3) is 0.833. The lowest BCUT2D eigenvalue weighted by Gasteiger charge is -2.31. The smallest absolute Gasteiger partial charge is 0.0686 e. The first kappa shape index (κ1) is 11.1. The molecule has 2 fully saturated rings. The van der Waals surface area contributed by atoms with Crippen molar-refractivity contribution in [1.82, 2.24) is 4.90 Å². The molecular weight excluding hydrogens is 190 g/mol. The molecule has 2 heterocycles. The highest BCUT2D eigenvalue weighted by atomic mass is 16.5. The molecule has 0 unspecified atom stereocenters. The zero-order valence-electron chi connectivity index (χ0n) is 9.70. The molecule has 15 heavy (non-hydrogen) atoms. The van der Waals surface area contributed by atoms with Crippen LogP contribution >= 0.6 is 0 Å². The van der Waals surface area contributed by atoms with Crippen LogP contribution in [0.3, 0.4) is 0 Å². The lowest BCUT2D eigenvalue weighted by Crippen LogP contribution is -2.43. The van der Waals surface area contributed by atoms with Crippen molar-refractivity contribution in [2.24, 2.45) is 0 Å². The predicted molar refractivity (Wildman–Crippen MR) is 59.8 cm³/mol. The van der Waals surface area contributed by atoms with Crippen molar-refractivity contribution in [3.8, 4) is 0 Å². The fourth-order valence-corrected chi connectivity index (χ4v) is 2.81. The van der Waals surface area contributed by atoms with Crippen LogP contribution < -0.4 is 0 Å². The highest BCUT2D eigenvalue weighted by Gasteiger charge is 2.49. The van der Waals surface area contributed by atoms with Gasteiger partial charge >= 0.3 is 0 Å². The normalized spacial score (nSPS) is 36.5. The number of fused-ring (bicyclic) bond motifs is 1. The Balaban J connectivity index is 2.05. The second-order valence-electron chi connectivity index (χ2n) is 5.25. The van der Waals surface area contributed by atoms with Crippen LogP contribution in [0.15, 0.2) is 12.2 Å². The van der Waals surface area contributed by atoms with Gasteiger partial charge in [0, 0.05) is 13.1 Å². The van der Waals surface area contributed by atoms with E-state index in [1.807, 2.05) is 0 Å². The topological polar surface area (TPSA) is 32.7 Å². The van der Waals surface area contributed by atoms with E-state index in [2.05, 4.69) is 25.3 Å². The summed E-state index contributed by atoms with van der Waals surface area (Å²) < 4.78 is 5.73. The monoisotopic (exact) mass is 211 g/mol. The lowest BCUT2D eigenvalue weighted by molar-refractivity contribution is 0.00254. The Morgan fingerprint density at radius 3 is 3.07 bits per heavy atom. The first-order valence-electron chi connectivity index (χ1n) is 5.73. The van der Waals surface area contributed by atoms with Crippen LogP contribution in [0.4, 0.5) is 0 Å². The van der Waals surface area contributed by atoms with Gasteiger partial charge in [0.05, 0.1) is 24.4 Å². The predicted octanol–water partition coefficient (Wildman–Crippen LogP) is 1.18. The molecule has 1 N–H and O–H groups in total. The summed E-state index contributed by atoms with van der Waals surface area (Å²) in [6, 6.07) is 0. The van der Waals surface area contributed by atoms with Gasteiger partial charge in [-0.3, -0.25) is 4.90 Å². The summed E-state index contributed by atoms with van der Waals surface area (Å²) >= 11 is 0. The minimum atomic E-state index is -0.186. The molecule has 3 nitrogen and oxygen atoms in total. The molecule has 86 valence electrons. The number of ether oxygens (including phenoxy) is 1. The molecule has 0 amide bonds. The van der Waals surface area contributed by atoms with Gasteiger partial charge in [0.2, 0.25) is 0 Å². The molecule has 0 aliphatic carbocycles. The maximum atomic E-state index is 9.72. The quantitative estimate of drug-likeness (QED) is 0.711. The van der Waals surface area contributed by atoms with E-state index in [4.69, 9.17) is 4.74 Å². The summed E-state index contributed by atoms with van der Waals surface area (Å²) in [4.78, 5) is 2.34. The average Bonchev–Trinajstić information content (AvgIpc) is 2.53. The Morgan fingerprint density at radius 1 is 1.67 bits per heavy atom. The van der Waals surface area contributed by atoms with Crippen molar-refractivity contribution in [3.63, 3.8) is 0 Å². The summed E-state index contributed by atoms with van der Waals surface area (Å²) in [6.45, 7) is 10.6. The molecule has 2 saturated heterocycles. The second-order valence-corrected chi connectivity index (χ2v) is 5.25. The van der Waals surface area contributed by atoms with E-state index >= 15 is 0 Å². The van der Waals surface area contributed by atoms with Crippen molar-refractivity contribution in [2.75, 3.05) is 19.7 Å². The van der Waals surface area contributed by atoms with E-state index in [-0.39, 0.29) is 17.7 Å². The van der Waals surface area contributed by atoms with Crippen molar-refractivity contribution in [3.05, 3.63) is 12.2 Å². The van der Waals surface area contributed by atoms with Gasteiger partial charge in [-0.1, -0.05) is 12.2 Å². The van der Waals surface area contributed by atoms with E-state index < -0.39 is 0 Å². The summed E-state index contributed by atoms with van der Waals surface area (Å²) in [5.41, 5.74) is 1.31. The largest absolute Gasteiger partial charge is 0.392 e. The second kappa shape index (κ2) is 3.89. The molecule has 0 bridgehead atoms. The molecule has 2 atom stereocenters. The van der Waals surface area contributed by atoms with Crippen LogP contribution in [0, 0.1) is 0 Å². The highest BCUT2D eigenvalue weighted by Crippen LogP contribution is 2.41. The fourth-order valence-electron chi connectivity index (χ4n) is 2.81. The van der Waals surface area contributed by atoms with Gasteiger partial charge in [0.15, 0.2) is 0 Å². The van der Waals surface area contributed by atoms with Gasteiger partial charge in [-0.25, -0.2) is 0 Å². The molecule has 3 heteroatoms. The van der Waals surface area contributed by atoms with E-state index in [0.717, 1.165) is 32.5 Å². The lowest BCUT2D eigenvalue weighted by atomic mass is 9.93. The molecule has 0 aromatic carbocycles.